The average Bonchev–Trinajstić information content (AvgIpc) is 3.16. The Balaban J connectivity index is 1.74. The third-order valence-electron chi connectivity index (χ3n) is 4.17. The van der Waals surface area contributed by atoms with E-state index in [1.54, 1.807) is 23.9 Å². The van der Waals surface area contributed by atoms with E-state index in [2.05, 4.69) is 20.8 Å². The number of allylic oxidation sites excluding steroid dienone is 1. The Labute approximate surface area is 148 Å². The fraction of sp³-hybridized carbons (Fsp3) is 0.118. The molecule has 0 amide bonds. The molecule has 0 aliphatic carbocycles. The minimum Gasteiger partial charge on any atom is -0.497 e. The van der Waals surface area contributed by atoms with E-state index in [1.165, 1.54) is 12.1 Å². The van der Waals surface area contributed by atoms with Gasteiger partial charge in [-0.15, -0.1) is 0 Å². The second kappa shape index (κ2) is 6.28. The van der Waals surface area contributed by atoms with Gasteiger partial charge in [-0.1, -0.05) is 5.10 Å². The zero-order valence-electron chi connectivity index (χ0n) is 13.7. The van der Waals surface area contributed by atoms with Crippen LogP contribution in [0.1, 0.15) is 17.2 Å². The SMILES string of the molecule is COc1ccc(C2=C[C@@H](c3ccc([N+](=O)[O-])cc3)n3nnnc3N2)cc1. The van der Waals surface area contributed by atoms with E-state index in [9.17, 15) is 10.1 Å². The standard InChI is InChI=1S/C17H14N6O3/c1-26-14-8-4-11(5-9-14)15-10-16(22-17(18-15)19-20-21-22)12-2-6-13(7-3-12)23(24)25/h2-10,16H,1H3,(H,18,19,21)/t16-/m0/s1. The maximum atomic E-state index is 10.9. The Kier molecular flexibility index (Phi) is 3.81. The van der Waals surface area contributed by atoms with Crippen molar-refractivity contribution in [2.75, 3.05) is 12.4 Å². The van der Waals surface area contributed by atoms with Crippen LogP contribution in [0.3, 0.4) is 0 Å². The Morgan fingerprint density at radius 3 is 2.54 bits per heavy atom. The lowest BCUT2D eigenvalue weighted by molar-refractivity contribution is -0.384. The number of nitro benzene ring substituents is 1. The van der Waals surface area contributed by atoms with Crippen LogP contribution >= 0.6 is 0 Å². The first-order chi connectivity index (χ1) is 12.7. The van der Waals surface area contributed by atoms with Crippen LogP contribution in [-0.2, 0) is 0 Å². The van der Waals surface area contributed by atoms with E-state index in [4.69, 9.17) is 4.74 Å². The summed E-state index contributed by atoms with van der Waals surface area (Å²) >= 11 is 0. The maximum absolute atomic E-state index is 10.9. The molecule has 130 valence electrons. The quantitative estimate of drug-likeness (QED) is 0.569. The molecule has 9 heteroatoms. The third-order valence-corrected chi connectivity index (χ3v) is 4.17. The fourth-order valence-corrected chi connectivity index (χ4v) is 2.82. The van der Waals surface area contributed by atoms with Crippen molar-refractivity contribution in [2.45, 2.75) is 6.04 Å². The number of anilines is 1. The van der Waals surface area contributed by atoms with Gasteiger partial charge in [0.05, 0.1) is 12.0 Å². The molecule has 1 atom stereocenters. The van der Waals surface area contributed by atoms with Gasteiger partial charge in [0.25, 0.3) is 5.69 Å². The van der Waals surface area contributed by atoms with Crippen LogP contribution in [0.25, 0.3) is 5.70 Å². The second-order valence-electron chi connectivity index (χ2n) is 5.67. The van der Waals surface area contributed by atoms with Crippen molar-refractivity contribution in [1.29, 1.82) is 0 Å². The number of fused-ring (bicyclic) bond motifs is 1. The normalized spacial score (nSPS) is 15.6. The number of methoxy groups -OCH3 is 1. The Bertz CT molecular complexity index is 978. The molecule has 0 bridgehead atoms. The summed E-state index contributed by atoms with van der Waals surface area (Å²) in [5.74, 6) is 1.27. The summed E-state index contributed by atoms with van der Waals surface area (Å²) in [5.41, 5.74) is 2.68. The molecule has 0 saturated heterocycles. The summed E-state index contributed by atoms with van der Waals surface area (Å²) in [6, 6.07) is 13.7. The number of aromatic nitrogens is 4. The number of nitrogens with one attached hydrogen (secondary N) is 1. The van der Waals surface area contributed by atoms with E-state index >= 15 is 0 Å². The van der Waals surface area contributed by atoms with Crippen LogP contribution in [0, 0.1) is 10.1 Å². The molecule has 2 aromatic carbocycles. The van der Waals surface area contributed by atoms with Crippen LogP contribution in [-0.4, -0.2) is 32.2 Å². The summed E-state index contributed by atoms with van der Waals surface area (Å²) in [6.45, 7) is 0. The molecular weight excluding hydrogens is 336 g/mol. The molecule has 4 rings (SSSR count). The summed E-state index contributed by atoms with van der Waals surface area (Å²) in [4.78, 5) is 10.4. The van der Waals surface area contributed by atoms with Crippen LogP contribution in [0.2, 0.25) is 0 Å². The molecule has 1 aliphatic rings. The summed E-state index contributed by atoms with van der Waals surface area (Å²) in [6.07, 6.45) is 1.98. The van der Waals surface area contributed by atoms with Gasteiger partial charge in [-0.3, -0.25) is 10.1 Å². The molecule has 3 aromatic rings. The molecule has 1 aliphatic heterocycles. The highest BCUT2D eigenvalue weighted by Crippen LogP contribution is 2.32. The first-order valence-corrected chi connectivity index (χ1v) is 7.81. The van der Waals surface area contributed by atoms with Gasteiger partial charge in [-0.25, -0.2) is 0 Å². The molecule has 2 heterocycles. The summed E-state index contributed by atoms with van der Waals surface area (Å²) in [7, 11) is 1.62. The van der Waals surface area contributed by atoms with Crippen molar-refractivity contribution in [3.8, 4) is 5.75 Å². The highest BCUT2D eigenvalue weighted by molar-refractivity contribution is 5.77. The number of benzene rings is 2. The predicted octanol–water partition coefficient (Wildman–Crippen LogP) is 2.65. The van der Waals surface area contributed by atoms with Crippen molar-refractivity contribution in [3.05, 3.63) is 75.8 Å². The number of nitro groups is 1. The number of nitrogens with zero attached hydrogens (tertiary/aromatic N) is 5. The molecular formula is C17H14N6O3. The van der Waals surface area contributed by atoms with Crippen molar-refractivity contribution < 1.29 is 9.66 Å². The lowest BCUT2D eigenvalue weighted by Crippen LogP contribution is -2.20. The third kappa shape index (κ3) is 2.75. The predicted molar refractivity (Wildman–Crippen MR) is 93.6 cm³/mol. The maximum Gasteiger partial charge on any atom is 0.269 e. The van der Waals surface area contributed by atoms with Crippen molar-refractivity contribution in [3.63, 3.8) is 0 Å². The van der Waals surface area contributed by atoms with Gasteiger partial charge in [0.15, 0.2) is 0 Å². The zero-order chi connectivity index (χ0) is 18.1. The number of rotatable bonds is 4. The minimum absolute atomic E-state index is 0.0407. The Morgan fingerprint density at radius 2 is 1.88 bits per heavy atom. The summed E-state index contributed by atoms with van der Waals surface area (Å²) < 4.78 is 6.82. The first-order valence-electron chi connectivity index (χ1n) is 7.81. The average molecular weight is 350 g/mol. The van der Waals surface area contributed by atoms with E-state index in [0.717, 1.165) is 22.6 Å². The molecule has 0 fully saturated rings. The lowest BCUT2D eigenvalue weighted by atomic mass is 10.0. The van der Waals surface area contributed by atoms with Gasteiger partial charge in [0.2, 0.25) is 5.95 Å². The molecule has 26 heavy (non-hydrogen) atoms. The summed E-state index contributed by atoms with van der Waals surface area (Å²) in [5, 5.41) is 25.8. The fourth-order valence-electron chi connectivity index (χ4n) is 2.82. The van der Waals surface area contributed by atoms with E-state index in [1.807, 2.05) is 30.3 Å². The molecule has 1 N–H and O–H groups in total. The van der Waals surface area contributed by atoms with E-state index in [0.29, 0.717) is 5.95 Å². The number of hydrogen-bond acceptors (Lipinski definition) is 7. The van der Waals surface area contributed by atoms with Gasteiger partial charge in [0, 0.05) is 17.8 Å². The van der Waals surface area contributed by atoms with E-state index < -0.39 is 4.92 Å². The number of ether oxygens (including phenoxy) is 1. The molecule has 0 radical (unpaired) electrons. The highest BCUT2D eigenvalue weighted by atomic mass is 16.6. The monoisotopic (exact) mass is 350 g/mol. The van der Waals surface area contributed by atoms with Gasteiger partial charge in [-0.2, -0.15) is 4.68 Å². The van der Waals surface area contributed by atoms with E-state index in [-0.39, 0.29) is 11.7 Å². The van der Waals surface area contributed by atoms with Crippen LogP contribution in [0.4, 0.5) is 11.6 Å². The number of hydrogen-bond donors (Lipinski definition) is 1. The Morgan fingerprint density at radius 1 is 1.15 bits per heavy atom. The molecule has 0 unspecified atom stereocenters. The minimum atomic E-state index is -0.423. The molecule has 9 nitrogen and oxygen atoms in total. The largest absolute Gasteiger partial charge is 0.497 e. The van der Waals surface area contributed by atoms with Crippen molar-refractivity contribution in [2.24, 2.45) is 0 Å². The van der Waals surface area contributed by atoms with Gasteiger partial charge in [-0.05, 0) is 64.0 Å². The van der Waals surface area contributed by atoms with Gasteiger partial charge < -0.3 is 10.1 Å². The van der Waals surface area contributed by atoms with Crippen LogP contribution in [0.15, 0.2) is 54.6 Å². The number of tetrazole rings is 1. The lowest BCUT2D eigenvalue weighted by Gasteiger charge is -2.23. The van der Waals surface area contributed by atoms with Crippen LogP contribution in [0.5, 0.6) is 5.75 Å². The topological polar surface area (TPSA) is 108 Å². The van der Waals surface area contributed by atoms with Crippen molar-refractivity contribution >= 4 is 17.3 Å². The van der Waals surface area contributed by atoms with Gasteiger partial charge in [0.1, 0.15) is 11.8 Å². The molecule has 0 spiro atoms. The van der Waals surface area contributed by atoms with Gasteiger partial charge >= 0.3 is 0 Å². The highest BCUT2D eigenvalue weighted by Gasteiger charge is 2.24. The molecule has 1 aromatic heterocycles. The smallest absolute Gasteiger partial charge is 0.269 e. The first kappa shape index (κ1) is 15.8. The zero-order valence-corrected chi connectivity index (χ0v) is 13.7. The van der Waals surface area contributed by atoms with Crippen LogP contribution < -0.4 is 10.1 Å². The molecule has 0 saturated carbocycles. The second-order valence-corrected chi connectivity index (χ2v) is 5.67. The Hall–Kier alpha value is -3.75. The van der Waals surface area contributed by atoms with Crippen molar-refractivity contribution in [1.82, 2.24) is 20.2 Å². The number of non-ortho nitro benzene ring substituents is 1.